The molecule has 6 rings (SSSR count). The number of piperidine rings is 1. The first-order valence-corrected chi connectivity index (χ1v) is 12.5. The van der Waals surface area contributed by atoms with E-state index in [0.29, 0.717) is 5.92 Å². The summed E-state index contributed by atoms with van der Waals surface area (Å²) in [5.41, 5.74) is 12.8. The van der Waals surface area contributed by atoms with Gasteiger partial charge in [-0.05, 0) is 30.2 Å². The second-order valence-corrected chi connectivity index (χ2v) is 9.95. The van der Waals surface area contributed by atoms with Gasteiger partial charge < -0.3 is 15.6 Å². The highest BCUT2D eigenvalue weighted by molar-refractivity contribution is 5.92. The largest absolute Gasteiger partial charge is 0.341 e. The Morgan fingerprint density at radius 1 is 1.08 bits per heavy atom. The number of anilines is 1. The number of carbonyl (C=O) groups excluding carboxylic acids is 1. The molecule has 0 spiro atoms. The van der Waals surface area contributed by atoms with Crippen molar-refractivity contribution in [2.75, 3.05) is 11.9 Å². The van der Waals surface area contributed by atoms with Gasteiger partial charge in [0, 0.05) is 60.2 Å². The summed E-state index contributed by atoms with van der Waals surface area (Å²) in [7, 11) is 0. The molecule has 9 nitrogen and oxygen atoms in total. The minimum atomic E-state index is -0.0823. The number of aromatic amines is 1. The maximum atomic E-state index is 12.2. The normalized spacial score (nSPS) is 23.6. The van der Waals surface area contributed by atoms with Crippen molar-refractivity contribution in [1.29, 1.82) is 0 Å². The van der Waals surface area contributed by atoms with Crippen molar-refractivity contribution in [3.63, 3.8) is 0 Å². The highest BCUT2D eigenvalue weighted by Crippen LogP contribution is 2.39. The number of imidazole rings is 1. The van der Waals surface area contributed by atoms with Crippen LogP contribution in [0.15, 0.2) is 61.2 Å². The van der Waals surface area contributed by atoms with Crippen molar-refractivity contribution in [2.45, 2.75) is 38.4 Å². The molecule has 5 heterocycles. The van der Waals surface area contributed by atoms with E-state index in [0.717, 1.165) is 52.2 Å². The number of amides is 1. The van der Waals surface area contributed by atoms with Crippen molar-refractivity contribution < 1.29 is 4.79 Å². The van der Waals surface area contributed by atoms with E-state index < -0.39 is 0 Å². The summed E-state index contributed by atoms with van der Waals surface area (Å²) in [4.78, 5) is 29.4. The number of carbonyl (C=O) groups is 1. The second kappa shape index (κ2) is 9.42. The fourth-order valence-corrected chi connectivity index (χ4v) is 5.25. The second-order valence-electron chi connectivity index (χ2n) is 9.95. The third kappa shape index (κ3) is 4.26. The van der Waals surface area contributed by atoms with Crippen molar-refractivity contribution in [2.24, 2.45) is 11.8 Å². The van der Waals surface area contributed by atoms with Crippen LogP contribution >= 0.6 is 0 Å². The van der Waals surface area contributed by atoms with Crippen molar-refractivity contribution >= 4 is 22.6 Å². The molecule has 1 amide bonds. The maximum Gasteiger partial charge on any atom is 0.226 e. The zero-order chi connectivity index (χ0) is 24.6. The van der Waals surface area contributed by atoms with Crippen LogP contribution in [0.5, 0.6) is 0 Å². The molecule has 2 fully saturated rings. The summed E-state index contributed by atoms with van der Waals surface area (Å²) in [6.07, 6.45) is 8.15. The number of H-pyrrole nitrogens is 1. The van der Waals surface area contributed by atoms with Crippen LogP contribution in [0.1, 0.15) is 43.7 Å². The van der Waals surface area contributed by atoms with Crippen molar-refractivity contribution in [3.05, 3.63) is 72.6 Å². The number of hydrogen-bond acceptors (Lipinski definition) is 7. The van der Waals surface area contributed by atoms with Gasteiger partial charge in [0.2, 0.25) is 5.91 Å². The third-order valence-corrected chi connectivity index (χ3v) is 7.21. The average molecular weight is 483 g/mol. The number of nitrogens with zero attached hydrogens (tertiary/aromatic N) is 3. The van der Waals surface area contributed by atoms with Gasteiger partial charge in [0.25, 0.3) is 0 Å². The smallest absolute Gasteiger partial charge is 0.226 e. The molecule has 184 valence electrons. The molecule has 0 aliphatic carbocycles. The van der Waals surface area contributed by atoms with Gasteiger partial charge in [0.15, 0.2) is 0 Å². The monoisotopic (exact) mass is 482 g/mol. The number of aromatic nitrogens is 4. The highest BCUT2D eigenvalue weighted by atomic mass is 16.1. The van der Waals surface area contributed by atoms with E-state index in [9.17, 15) is 4.79 Å². The van der Waals surface area contributed by atoms with Gasteiger partial charge >= 0.3 is 0 Å². The number of rotatable bonds is 5. The summed E-state index contributed by atoms with van der Waals surface area (Å²) in [6, 6.07) is 12.7. The molecule has 0 saturated carbocycles. The number of pyridine rings is 2. The SMILES string of the molecule is CC(C)C(=O)Nc1cncc(C2CC3C(CN2)NNC3c2nc3c(-c4cccnc4)cccc3[nH]2)c1. The summed E-state index contributed by atoms with van der Waals surface area (Å²) < 4.78 is 0. The highest BCUT2D eigenvalue weighted by Gasteiger charge is 2.42. The molecular formula is C27H30N8O. The first-order valence-electron chi connectivity index (χ1n) is 12.5. The molecule has 1 aromatic carbocycles. The van der Waals surface area contributed by atoms with E-state index in [1.807, 2.05) is 44.4 Å². The number of fused-ring (bicyclic) bond motifs is 2. The predicted molar refractivity (Wildman–Crippen MR) is 139 cm³/mol. The molecular weight excluding hydrogens is 452 g/mol. The van der Waals surface area contributed by atoms with Gasteiger partial charge in [-0.1, -0.05) is 32.0 Å². The predicted octanol–water partition coefficient (Wildman–Crippen LogP) is 3.48. The Kier molecular flexibility index (Phi) is 5.96. The first kappa shape index (κ1) is 22.8. The van der Waals surface area contributed by atoms with Crippen LogP contribution in [-0.4, -0.2) is 38.4 Å². The summed E-state index contributed by atoms with van der Waals surface area (Å²) in [5.74, 6) is 1.16. The quantitative estimate of drug-likeness (QED) is 0.295. The Hall–Kier alpha value is -3.66. The summed E-state index contributed by atoms with van der Waals surface area (Å²) in [6.45, 7) is 4.59. The van der Waals surface area contributed by atoms with E-state index in [4.69, 9.17) is 4.98 Å². The van der Waals surface area contributed by atoms with E-state index in [2.05, 4.69) is 54.6 Å². The molecule has 0 radical (unpaired) electrons. The maximum absolute atomic E-state index is 12.2. The van der Waals surface area contributed by atoms with E-state index >= 15 is 0 Å². The van der Waals surface area contributed by atoms with Crippen LogP contribution in [0.25, 0.3) is 22.2 Å². The number of para-hydroxylation sites is 1. The topological polar surface area (TPSA) is 120 Å². The molecule has 2 aliphatic heterocycles. The minimum Gasteiger partial charge on any atom is -0.341 e. The van der Waals surface area contributed by atoms with Crippen LogP contribution in [0.3, 0.4) is 0 Å². The zero-order valence-corrected chi connectivity index (χ0v) is 20.3. The molecule has 2 aliphatic rings. The van der Waals surface area contributed by atoms with Crippen LogP contribution < -0.4 is 21.5 Å². The van der Waals surface area contributed by atoms with Crippen LogP contribution in [0.4, 0.5) is 5.69 Å². The molecule has 4 unspecified atom stereocenters. The Balaban J connectivity index is 1.25. The Labute approximate surface area is 209 Å². The lowest BCUT2D eigenvalue weighted by molar-refractivity contribution is -0.118. The van der Waals surface area contributed by atoms with Gasteiger partial charge in [0.1, 0.15) is 5.82 Å². The fraction of sp³-hybridized carbons (Fsp3) is 0.333. The van der Waals surface area contributed by atoms with Gasteiger partial charge in [-0.25, -0.2) is 10.4 Å². The molecule has 9 heteroatoms. The van der Waals surface area contributed by atoms with Gasteiger partial charge in [-0.2, -0.15) is 0 Å². The lowest BCUT2D eigenvalue weighted by atomic mass is 9.82. The fourth-order valence-electron chi connectivity index (χ4n) is 5.25. The average Bonchev–Trinajstić information content (AvgIpc) is 3.53. The molecule has 36 heavy (non-hydrogen) atoms. The Bertz CT molecular complexity index is 1390. The summed E-state index contributed by atoms with van der Waals surface area (Å²) in [5, 5.41) is 6.61. The Morgan fingerprint density at radius 3 is 2.83 bits per heavy atom. The standard InChI is InChI=1S/C27H30N8O/c1-15(2)27(36)31-18-9-17(12-29-13-18)22-10-20-23(14-30-22)34-35-25(20)26-32-21-7-3-6-19(24(21)33-26)16-5-4-8-28-11-16/h3-9,11-13,15,20,22-23,25,30,34-35H,10,14H2,1-2H3,(H,31,36)(H,32,33). The van der Waals surface area contributed by atoms with Crippen LogP contribution in [-0.2, 0) is 4.79 Å². The van der Waals surface area contributed by atoms with Crippen molar-refractivity contribution in [3.8, 4) is 11.1 Å². The molecule has 0 bridgehead atoms. The number of nitrogens with one attached hydrogen (secondary N) is 5. The summed E-state index contributed by atoms with van der Waals surface area (Å²) >= 11 is 0. The first-order chi connectivity index (χ1) is 17.6. The Morgan fingerprint density at radius 2 is 2.00 bits per heavy atom. The molecule has 3 aromatic heterocycles. The molecule has 5 N–H and O–H groups in total. The number of hydrazine groups is 1. The molecule has 4 atom stereocenters. The van der Waals surface area contributed by atoms with Gasteiger partial charge in [-0.15, -0.1) is 0 Å². The number of hydrogen-bond donors (Lipinski definition) is 5. The zero-order valence-electron chi connectivity index (χ0n) is 20.3. The lowest BCUT2D eigenvalue weighted by Crippen LogP contribution is -2.46. The van der Waals surface area contributed by atoms with E-state index in [1.54, 1.807) is 12.4 Å². The van der Waals surface area contributed by atoms with Gasteiger partial charge in [-0.3, -0.25) is 20.2 Å². The lowest BCUT2D eigenvalue weighted by Gasteiger charge is -2.34. The van der Waals surface area contributed by atoms with Gasteiger partial charge in [0.05, 0.1) is 29.0 Å². The minimum absolute atomic E-state index is 0.00888. The van der Waals surface area contributed by atoms with E-state index in [-0.39, 0.29) is 30.0 Å². The molecule has 2 saturated heterocycles. The molecule has 4 aromatic rings. The van der Waals surface area contributed by atoms with Crippen LogP contribution in [0.2, 0.25) is 0 Å². The van der Waals surface area contributed by atoms with Crippen molar-refractivity contribution in [1.82, 2.24) is 36.1 Å². The van der Waals surface area contributed by atoms with Crippen LogP contribution in [0, 0.1) is 11.8 Å². The van der Waals surface area contributed by atoms with E-state index in [1.165, 1.54) is 0 Å². The number of benzene rings is 1. The third-order valence-electron chi connectivity index (χ3n) is 7.21.